The average Bonchev–Trinajstić information content (AvgIpc) is 3.09. The molecular formula is C20H20N2O3S2. The highest BCUT2D eigenvalue weighted by molar-refractivity contribution is 8.01. The first-order chi connectivity index (χ1) is 13.1. The van der Waals surface area contributed by atoms with Crippen LogP contribution >= 0.6 is 23.1 Å². The van der Waals surface area contributed by atoms with Crippen LogP contribution in [-0.4, -0.2) is 28.7 Å². The Balaban J connectivity index is 1.37. The molecule has 1 amide bonds. The normalized spacial score (nSPS) is 11.9. The number of nitrogens with one attached hydrogen (secondary N) is 1. The van der Waals surface area contributed by atoms with Crippen LogP contribution in [0, 0.1) is 0 Å². The summed E-state index contributed by atoms with van der Waals surface area (Å²) in [4.78, 5) is 28.5. The second kappa shape index (κ2) is 9.53. The van der Waals surface area contributed by atoms with E-state index in [1.165, 1.54) is 0 Å². The number of aromatic nitrogens is 1. The number of carbonyl (C=O) groups excluding carboxylic acids is 2. The van der Waals surface area contributed by atoms with Crippen LogP contribution in [0.2, 0.25) is 0 Å². The van der Waals surface area contributed by atoms with Gasteiger partial charge in [-0.05, 0) is 37.6 Å². The van der Waals surface area contributed by atoms with E-state index in [1.807, 2.05) is 36.4 Å². The maximum absolute atomic E-state index is 12.0. The zero-order valence-electron chi connectivity index (χ0n) is 14.9. The molecule has 3 aromatic rings. The Kier molecular flexibility index (Phi) is 6.84. The lowest BCUT2D eigenvalue weighted by molar-refractivity contribution is -0.153. The number of anilines is 1. The van der Waals surface area contributed by atoms with Gasteiger partial charge in [-0.15, -0.1) is 11.3 Å². The van der Waals surface area contributed by atoms with Gasteiger partial charge in [-0.1, -0.05) is 42.1 Å². The molecule has 0 fully saturated rings. The molecule has 0 aliphatic carbocycles. The predicted octanol–water partition coefficient (Wildman–Crippen LogP) is 4.74. The fourth-order valence-corrected chi connectivity index (χ4v) is 4.44. The zero-order valence-corrected chi connectivity index (χ0v) is 16.5. The molecule has 0 radical (unpaired) electrons. The lowest BCUT2D eigenvalue weighted by Crippen LogP contribution is -2.29. The second-order valence-electron chi connectivity index (χ2n) is 5.89. The highest BCUT2D eigenvalue weighted by atomic mass is 32.2. The summed E-state index contributed by atoms with van der Waals surface area (Å²) in [5, 5.41) is 2.72. The standard InChI is InChI=1S/C20H20N2O3S2/c1-14(19(24)21-15-8-3-2-4-9-15)25-18(23)12-7-13-26-20-22-16-10-5-6-11-17(16)27-20/h2-6,8-11,14H,7,12-13H2,1H3,(H,21,24)/t14-/m0/s1. The molecule has 1 aromatic heterocycles. The van der Waals surface area contributed by atoms with Crippen molar-refractivity contribution in [2.24, 2.45) is 0 Å². The predicted molar refractivity (Wildman–Crippen MR) is 110 cm³/mol. The number of ether oxygens (including phenoxy) is 1. The molecule has 0 unspecified atom stereocenters. The van der Waals surface area contributed by atoms with E-state index in [4.69, 9.17) is 4.74 Å². The van der Waals surface area contributed by atoms with Crippen LogP contribution in [0.3, 0.4) is 0 Å². The number of hydrogen-bond acceptors (Lipinski definition) is 6. The number of thiazole rings is 1. The fraction of sp³-hybridized carbons (Fsp3) is 0.250. The number of benzene rings is 2. The third-order valence-electron chi connectivity index (χ3n) is 3.74. The van der Waals surface area contributed by atoms with Crippen LogP contribution in [0.15, 0.2) is 58.9 Å². The Labute approximate surface area is 166 Å². The fourth-order valence-electron chi connectivity index (χ4n) is 2.36. The first-order valence-electron chi connectivity index (χ1n) is 8.65. The molecule has 1 N–H and O–H groups in total. The number of carbonyl (C=O) groups is 2. The van der Waals surface area contributed by atoms with Crippen molar-refractivity contribution in [2.75, 3.05) is 11.1 Å². The van der Waals surface area contributed by atoms with Crippen molar-refractivity contribution < 1.29 is 14.3 Å². The lowest BCUT2D eigenvalue weighted by atomic mass is 10.3. The van der Waals surface area contributed by atoms with Gasteiger partial charge >= 0.3 is 5.97 Å². The Morgan fingerprint density at radius 3 is 2.67 bits per heavy atom. The van der Waals surface area contributed by atoms with Gasteiger partial charge in [-0.25, -0.2) is 4.98 Å². The van der Waals surface area contributed by atoms with Crippen molar-refractivity contribution in [1.82, 2.24) is 4.98 Å². The minimum absolute atomic E-state index is 0.279. The van der Waals surface area contributed by atoms with Crippen LogP contribution in [0.1, 0.15) is 19.8 Å². The molecule has 7 heteroatoms. The molecule has 0 aliphatic rings. The minimum Gasteiger partial charge on any atom is -0.453 e. The minimum atomic E-state index is -0.824. The molecule has 0 aliphatic heterocycles. The highest BCUT2D eigenvalue weighted by Gasteiger charge is 2.17. The van der Waals surface area contributed by atoms with Crippen LogP contribution < -0.4 is 5.32 Å². The summed E-state index contributed by atoms with van der Waals surface area (Å²) in [6.07, 6.45) is 0.127. The number of esters is 1. The number of nitrogens with zero attached hydrogens (tertiary/aromatic N) is 1. The second-order valence-corrected chi connectivity index (χ2v) is 8.26. The number of thioether (sulfide) groups is 1. The smallest absolute Gasteiger partial charge is 0.306 e. The van der Waals surface area contributed by atoms with Crippen molar-refractivity contribution >= 4 is 50.9 Å². The van der Waals surface area contributed by atoms with Crippen molar-refractivity contribution in [1.29, 1.82) is 0 Å². The van der Waals surface area contributed by atoms with Crippen molar-refractivity contribution in [2.45, 2.75) is 30.2 Å². The maximum Gasteiger partial charge on any atom is 0.306 e. The summed E-state index contributed by atoms with van der Waals surface area (Å²) in [7, 11) is 0. The highest BCUT2D eigenvalue weighted by Crippen LogP contribution is 2.29. The molecule has 1 atom stereocenters. The van der Waals surface area contributed by atoms with Crippen molar-refractivity contribution in [3.8, 4) is 0 Å². The molecule has 3 rings (SSSR count). The summed E-state index contributed by atoms with van der Waals surface area (Å²) >= 11 is 3.29. The van der Waals surface area contributed by atoms with E-state index in [-0.39, 0.29) is 18.3 Å². The van der Waals surface area contributed by atoms with E-state index >= 15 is 0 Å². The van der Waals surface area contributed by atoms with Crippen LogP contribution in [0.5, 0.6) is 0 Å². The van der Waals surface area contributed by atoms with Gasteiger partial charge < -0.3 is 10.1 Å². The first-order valence-corrected chi connectivity index (χ1v) is 10.5. The summed E-state index contributed by atoms with van der Waals surface area (Å²) < 4.78 is 7.38. The Morgan fingerprint density at radius 1 is 1.15 bits per heavy atom. The van der Waals surface area contributed by atoms with E-state index in [0.717, 1.165) is 20.3 Å². The van der Waals surface area contributed by atoms with E-state index in [0.29, 0.717) is 12.1 Å². The van der Waals surface area contributed by atoms with Crippen molar-refractivity contribution in [3.05, 3.63) is 54.6 Å². The van der Waals surface area contributed by atoms with Gasteiger partial charge in [0.1, 0.15) is 0 Å². The SMILES string of the molecule is C[C@H](OC(=O)CCCSc1nc2ccccc2s1)C(=O)Nc1ccccc1. The maximum atomic E-state index is 12.0. The number of hydrogen-bond donors (Lipinski definition) is 1. The monoisotopic (exact) mass is 400 g/mol. The van der Waals surface area contributed by atoms with Crippen LogP contribution in [0.4, 0.5) is 5.69 Å². The molecule has 1 heterocycles. The van der Waals surface area contributed by atoms with E-state index < -0.39 is 6.10 Å². The van der Waals surface area contributed by atoms with E-state index in [1.54, 1.807) is 42.2 Å². The Bertz CT molecular complexity index is 879. The van der Waals surface area contributed by atoms with Gasteiger partial charge in [-0.3, -0.25) is 9.59 Å². The summed E-state index contributed by atoms with van der Waals surface area (Å²) in [5.41, 5.74) is 1.68. The van der Waals surface area contributed by atoms with E-state index in [9.17, 15) is 9.59 Å². The first kappa shape index (κ1) is 19.4. The van der Waals surface area contributed by atoms with Gasteiger partial charge in [0.2, 0.25) is 0 Å². The molecular weight excluding hydrogens is 380 g/mol. The number of para-hydroxylation sites is 2. The lowest BCUT2D eigenvalue weighted by Gasteiger charge is -2.13. The van der Waals surface area contributed by atoms with Crippen LogP contribution in [0.25, 0.3) is 10.2 Å². The summed E-state index contributed by atoms with van der Waals surface area (Å²) in [6.45, 7) is 1.58. The third kappa shape index (κ3) is 5.80. The molecule has 0 spiro atoms. The Morgan fingerprint density at radius 2 is 1.89 bits per heavy atom. The molecule has 0 saturated heterocycles. The van der Waals surface area contributed by atoms with Gasteiger partial charge in [0.15, 0.2) is 10.4 Å². The van der Waals surface area contributed by atoms with Gasteiger partial charge in [0.25, 0.3) is 5.91 Å². The Hall–Kier alpha value is -2.38. The largest absolute Gasteiger partial charge is 0.453 e. The van der Waals surface area contributed by atoms with Gasteiger partial charge in [-0.2, -0.15) is 0 Å². The summed E-state index contributed by atoms with van der Waals surface area (Å²) in [5.74, 6) is 0.0773. The third-order valence-corrected chi connectivity index (χ3v) is 6.01. The molecule has 140 valence electrons. The molecule has 0 bridgehead atoms. The number of rotatable bonds is 8. The number of amides is 1. The summed E-state index contributed by atoms with van der Waals surface area (Å²) in [6, 6.07) is 17.1. The molecule has 27 heavy (non-hydrogen) atoms. The zero-order chi connectivity index (χ0) is 19.1. The quantitative estimate of drug-likeness (QED) is 0.336. The molecule has 0 saturated carbocycles. The van der Waals surface area contributed by atoms with Gasteiger partial charge in [0.05, 0.1) is 10.2 Å². The molecule has 5 nitrogen and oxygen atoms in total. The average molecular weight is 401 g/mol. The van der Waals surface area contributed by atoms with Gasteiger partial charge in [0, 0.05) is 17.9 Å². The molecule has 2 aromatic carbocycles. The van der Waals surface area contributed by atoms with Crippen molar-refractivity contribution in [3.63, 3.8) is 0 Å². The van der Waals surface area contributed by atoms with E-state index in [2.05, 4.69) is 16.4 Å². The van der Waals surface area contributed by atoms with Crippen LogP contribution in [-0.2, 0) is 14.3 Å². The topological polar surface area (TPSA) is 68.3 Å². The number of fused-ring (bicyclic) bond motifs is 1.